The van der Waals surface area contributed by atoms with Crippen LogP contribution in [0.2, 0.25) is 0 Å². The molecule has 0 aliphatic rings. The Bertz CT molecular complexity index is 535. The highest BCUT2D eigenvalue weighted by Crippen LogP contribution is 2.23. The minimum atomic E-state index is -1.12. The number of Topliss-reactive ketones (excluding diaryl/α,β-unsaturated/α-hetero) is 1. The van der Waals surface area contributed by atoms with Crippen LogP contribution in [0, 0.1) is 20.2 Å². The largest absolute Gasteiger partial charge is 0.463 e. The Balaban J connectivity index is 3.13. The van der Waals surface area contributed by atoms with Crippen LogP contribution in [0.5, 0.6) is 0 Å². The van der Waals surface area contributed by atoms with Gasteiger partial charge in [0.2, 0.25) is 5.78 Å². The van der Waals surface area contributed by atoms with Crippen molar-refractivity contribution in [2.45, 2.75) is 6.42 Å². The normalized spacial score (nSPS) is 9.74. The van der Waals surface area contributed by atoms with E-state index in [2.05, 4.69) is 4.74 Å². The van der Waals surface area contributed by atoms with E-state index in [-0.39, 0.29) is 5.56 Å². The van der Waals surface area contributed by atoms with E-state index >= 15 is 0 Å². The number of esters is 1. The number of carbonyl (C=O) groups is 2. The third-order valence-corrected chi connectivity index (χ3v) is 2.16. The predicted molar refractivity (Wildman–Crippen MR) is 60.5 cm³/mol. The molecular weight excluding hydrogens is 260 g/mol. The van der Waals surface area contributed by atoms with Crippen LogP contribution in [0.3, 0.4) is 0 Å². The lowest BCUT2D eigenvalue weighted by molar-refractivity contribution is -0.394. The highest BCUT2D eigenvalue weighted by atomic mass is 16.6. The van der Waals surface area contributed by atoms with Crippen LogP contribution in [-0.4, -0.2) is 28.7 Å². The molecule has 0 N–H and O–H groups in total. The van der Waals surface area contributed by atoms with Gasteiger partial charge >= 0.3 is 5.97 Å². The van der Waals surface area contributed by atoms with Crippen LogP contribution in [0.25, 0.3) is 0 Å². The van der Waals surface area contributed by atoms with Crippen molar-refractivity contribution in [1.82, 2.24) is 0 Å². The second-order valence-corrected chi connectivity index (χ2v) is 3.46. The Hall–Kier alpha value is -2.84. The standard InChI is InChI=1S/C10H8N2O7/c1-19-10(14)9(13)4-6-2-7(11(15)16)5-8(3-6)12(17)18/h2-3,5H,4H2,1H3. The van der Waals surface area contributed by atoms with E-state index < -0.39 is 39.4 Å². The number of ketones is 1. The van der Waals surface area contributed by atoms with E-state index in [9.17, 15) is 29.8 Å². The lowest BCUT2D eigenvalue weighted by Crippen LogP contribution is -2.17. The smallest absolute Gasteiger partial charge is 0.374 e. The molecule has 1 rings (SSSR count). The Labute approximate surface area is 106 Å². The lowest BCUT2D eigenvalue weighted by Gasteiger charge is -2.00. The number of nitro groups is 2. The highest BCUT2D eigenvalue weighted by Gasteiger charge is 2.20. The minimum Gasteiger partial charge on any atom is -0.463 e. The average molecular weight is 268 g/mol. The van der Waals surface area contributed by atoms with Crippen LogP contribution in [-0.2, 0) is 20.7 Å². The van der Waals surface area contributed by atoms with E-state index in [4.69, 9.17) is 0 Å². The Morgan fingerprint density at radius 3 is 1.95 bits per heavy atom. The molecule has 0 amide bonds. The van der Waals surface area contributed by atoms with Crippen LogP contribution < -0.4 is 0 Å². The van der Waals surface area contributed by atoms with Crippen LogP contribution in [0.1, 0.15) is 5.56 Å². The number of rotatable bonds is 5. The SMILES string of the molecule is COC(=O)C(=O)Cc1cc([N+](=O)[O-])cc([N+](=O)[O-])c1. The Morgan fingerprint density at radius 2 is 1.58 bits per heavy atom. The molecule has 0 aliphatic carbocycles. The summed E-state index contributed by atoms with van der Waals surface area (Å²) < 4.78 is 4.18. The maximum absolute atomic E-state index is 11.3. The molecule has 0 atom stereocenters. The van der Waals surface area contributed by atoms with Crippen molar-refractivity contribution in [1.29, 1.82) is 0 Å². The fourth-order valence-electron chi connectivity index (χ4n) is 1.34. The maximum atomic E-state index is 11.3. The van der Waals surface area contributed by atoms with E-state index in [0.29, 0.717) is 0 Å². The number of methoxy groups -OCH3 is 1. The summed E-state index contributed by atoms with van der Waals surface area (Å²) in [4.78, 5) is 41.8. The van der Waals surface area contributed by atoms with Gasteiger partial charge in [0.05, 0.1) is 23.0 Å². The zero-order valence-electron chi connectivity index (χ0n) is 9.69. The molecule has 0 heterocycles. The van der Waals surface area contributed by atoms with Gasteiger partial charge in [-0.15, -0.1) is 0 Å². The third kappa shape index (κ3) is 3.56. The van der Waals surface area contributed by atoms with E-state index in [0.717, 1.165) is 25.3 Å². The average Bonchev–Trinajstić information content (AvgIpc) is 2.37. The summed E-state index contributed by atoms with van der Waals surface area (Å²) in [6, 6.07) is 2.76. The molecule has 0 radical (unpaired) electrons. The van der Waals surface area contributed by atoms with Crippen molar-refractivity contribution in [2.24, 2.45) is 0 Å². The van der Waals surface area contributed by atoms with Crippen LogP contribution >= 0.6 is 0 Å². The molecule has 1 aromatic rings. The summed E-state index contributed by atoms with van der Waals surface area (Å²) >= 11 is 0. The molecule has 9 heteroatoms. The third-order valence-electron chi connectivity index (χ3n) is 2.16. The maximum Gasteiger partial charge on any atom is 0.374 e. The van der Waals surface area contributed by atoms with Gasteiger partial charge in [-0.2, -0.15) is 0 Å². The summed E-state index contributed by atoms with van der Waals surface area (Å²) in [5.74, 6) is -2.06. The van der Waals surface area contributed by atoms with E-state index in [1.54, 1.807) is 0 Å². The topological polar surface area (TPSA) is 130 Å². The number of benzene rings is 1. The summed E-state index contributed by atoms with van der Waals surface area (Å²) in [5, 5.41) is 21.2. The van der Waals surface area contributed by atoms with Gasteiger partial charge in [0.25, 0.3) is 11.4 Å². The molecule has 0 unspecified atom stereocenters. The number of nitro benzene ring substituents is 2. The van der Waals surface area contributed by atoms with Crippen molar-refractivity contribution in [3.05, 3.63) is 44.0 Å². The molecule has 0 aliphatic heterocycles. The molecule has 0 bridgehead atoms. The molecule has 0 spiro atoms. The molecule has 9 nitrogen and oxygen atoms in total. The molecule has 1 aromatic carbocycles. The van der Waals surface area contributed by atoms with E-state index in [1.165, 1.54) is 0 Å². The number of hydrogen-bond acceptors (Lipinski definition) is 7. The van der Waals surface area contributed by atoms with Gasteiger partial charge in [-0.1, -0.05) is 0 Å². The Morgan fingerprint density at radius 1 is 1.11 bits per heavy atom. The summed E-state index contributed by atoms with van der Waals surface area (Å²) in [5.41, 5.74) is -1.06. The first kappa shape index (κ1) is 14.2. The van der Waals surface area contributed by atoms with Gasteiger partial charge in [0.15, 0.2) is 0 Å². The van der Waals surface area contributed by atoms with Crippen molar-refractivity contribution in [3.8, 4) is 0 Å². The predicted octanol–water partition coefficient (Wildman–Crippen LogP) is 0.788. The number of hydrogen-bond donors (Lipinski definition) is 0. The van der Waals surface area contributed by atoms with Gasteiger partial charge in [-0.25, -0.2) is 4.79 Å². The van der Waals surface area contributed by atoms with Crippen LogP contribution in [0.15, 0.2) is 18.2 Å². The van der Waals surface area contributed by atoms with Gasteiger partial charge < -0.3 is 4.74 Å². The Kier molecular flexibility index (Phi) is 4.24. The molecular formula is C10H8N2O7. The quantitative estimate of drug-likeness (QED) is 0.334. The van der Waals surface area contributed by atoms with Crippen molar-refractivity contribution >= 4 is 23.1 Å². The molecule has 19 heavy (non-hydrogen) atoms. The summed E-state index contributed by atoms with van der Waals surface area (Å²) in [6.45, 7) is 0. The first-order valence-corrected chi connectivity index (χ1v) is 4.89. The second-order valence-electron chi connectivity index (χ2n) is 3.46. The fraction of sp³-hybridized carbons (Fsp3) is 0.200. The zero-order chi connectivity index (χ0) is 14.6. The molecule has 0 fully saturated rings. The highest BCUT2D eigenvalue weighted by molar-refractivity contribution is 6.34. The number of nitrogens with zero attached hydrogens (tertiary/aromatic N) is 2. The monoisotopic (exact) mass is 268 g/mol. The first-order valence-electron chi connectivity index (χ1n) is 4.89. The number of ether oxygens (including phenoxy) is 1. The molecule has 0 saturated heterocycles. The van der Waals surface area contributed by atoms with Crippen molar-refractivity contribution < 1.29 is 24.2 Å². The molecule has 0 aromatic heterocycles. The summed E-state index contributed by atoms with van der Waals surface area (Å²) in [6.07, 6.45) is -0.505. The summed E-state index contributed by atoms with van der Waals surface area (Å²) in [7, 11) is 1.01. The van der Waals surface area contributed by atoms with Crippen molar-refractivity contribution in [3.63, 3.8) is 0 Å². The second kappa shape index (κ2) is 5.67. The fourth-order valence-corrected chi connectivity index (χ4v) is 1.34. The van der Waals surface area contributed by atoms with Gasteiger partial charge in [-0.05, 0) is 5.56 Å². The lowest BCUT2D eigenvalue weighted by atomic mass is 10.1. The molecule has 100 valence electrons. The van der Waals surface area contributed by atoms with Crippen molar-refractivity contribution in [2.75, 3.05) is 7.11 Å². The first-order chi connectivity index (χ1) is 8.85. The number of carbonyl (C=O) groups excluding carboxylic acids is 2. The minimum absolute atomic E-state index is 0.00343. The molecule has 0 saturated carbocycles. The zero-order valence-corrected chi connectivity index (χ0v) is 9.69. The van der Waals surface area contributed by atoms with Gasteiger partial charge in [0, 0.05) is 18.6 Å². The van der Waals surface area contributed by atoms with Gasteiger partial charge in [0.1, 0.15) is 0 Å². The van der Waals surface area contributed by atoms with E-state index in [1.807, 2.05) is 0 Å². The number of non-ortho nitro benzene ring substituents is 2. The van der Waals surface area contributed by atoms with Gasteiger partial charge in [-0.3, -0.25) is 25.0 Å². The van der Waals surface area contributed by atoms with Crippen LogP contribution in [0.4, 0.5) is 11.4 Å².